The first-order chi connectivity index (χ1) is 14.5. The fourth-order valence-electron chi connectivity index (χ4n) is 3.77. The molecule has 156 valence electrons. The number of piperazine rings is 1. The van der Waals surface area contributed by atoms with Gasteiger partial charge < -0.3 is 9.64 Å². The van der Waals surface area contributed by atoms with Gasteiger partial charge in [0.2, 0.25) is 5.91 Å². The number of Topliss-reactive ketones (excluding diaryl/α,β-unsaturated/α-hetero) is 1. The average molecular weight is 411 g/mol. The Morgan fingerprint density at radius 3 is 2.40 bits per heavy atom. The molecule has 1 saturated heterocycles. The van der Waals surface area contributed by atoms with Crippen LogP contribution >= 0.6 is 0 Å². The van der Waals surface area contributed by atoms with Crippen molar-refractivity contribution in [1.82, 2.24) is 9.80 Å². The summed E-state index contributed by atoms with van der Waals surface area (Å²) in [5.74, 6) is -0.816. The topological polar surface area (TPSA) is 70.2 Å². The van der Waals surface area contributed by atoms with Gasteiger partial charge in [-0.1, -0.05) is 12.1 Å². The third-order valence-electron chi connectivity index (χ3n) is 5.51. The maximum absolute atomic E-state index is 13.0. The number of hydrogen-bond donors (Lipinski definition) is 0. The molecular weight excluding hydrogens is 389 g/mol. The molecule has 0 bridgehead atoms. The van der Waals surface area contributed by atoms with Crippen molar-refractivity contribution in [2.24, 2.45) is 0 Å². The first kappa shape index (κ1) is 20.0. The molecule has 2 aliphatic heterocycles. The standard InChI is InChI=1S/C22H22FN3O4/c1-30-17-6-7-18-19(13-17)26(22(29)21(18)28)14-24-8-10-25(11-9-24)20(27)12-15-2-4-16(23)5-3-15/h2-7,13H,8-12,14H2,1H3. The number of anilines is 1. The van der Waals surface area contributed by atoms with E-state index in [1.165, 1.54) is 24.1 Å². The Balaban J connectivity index is 1.36. The molecule has 2 aliphatic rings. The van der Waals surface area contributed by atoms with E-state index in [0.29, 0.717) is 43.2 Å². The average Bonchev–Trinajstić information content (AvgIpc) is 3.00. The van der Waals surface area contributed by atoms with Crippen LogP contribution in [0.1, 0.15) is 15.9 Å². The van der Waals surface area contributed by atoms with Crippen LogP contribution in [-0.2, 0) is 16.0 Å². The Morgan fingerprint density at radius 1 is 1.03 bits per heavy atom. The zero-order chi connectivity index (χ0) is 21.3. The molecule has 2 aromatic rings. The number of ketones is 1. The zero-order valence-electron chi connectivity index (χ0n) is 16.6. The highest BCUT2D eigenvalue weighted by atomic mass is 19.1. The summed E-state index contributed by atoms with van der Waals surface area (Å²) >= 11 is 0. The Bertz CT molecular complexity index is 984. The number of carbonyl (C=O) groups is 3. The van der Waals surface area contributed by atoms with Crippen LogP contribution in [0.4, 0.5) is 10.1 Å². The van der Waals surface area contributed by atoms with Gasteiger partial charge in [0.25, 0.3) is 5.78 Å². The predicted molar refractivity (Wildman–Crippen MR) is 108 cm³/mol. The SMILES string of the molecule is COc1ccc2c(c1)N(CN1CCN(C(=O)Cc3ccc(F)cc3)CC1)C(=O)C2=O. The molecule has 4 rings (SSSR count). The molecule has 0 unspecified atom stereocenters. The van der Waals surface area contributed by atoms with Gasteiger partial charge in [-0.3, -0.25) is 24.2 Å². The summed E-state index contributed by atoms with van der Waals surface area (Å²) in [5, 5.41) is 0. The summed E-state index contributed by atoms with van der Waals surface area (Å²) in [4.78, 5) is 42.5. The Kier molecular flexibility index (Phi) is 5.50. The second-order valence-electron chi connectivity index (χ2n) is 7.39. The van der Waals surface area contributed by atoms with Crippen LogP contribution in [0.2, 0.25) is 0 Å². The molecule has 7 nitrogen and oxygen atoms in total. The summed E-state index contributed by atoms with van der Waals surface area (Å²) in [6.07, 6.45) is 0.229. The lowest BCUT2D eigenvalue weighted by atomic mass is 10.1. The van der Waals surface area contributed by atoms with Gasteiger partial charge >= 0.3 is 5.91 Å². The van der Waals surface area contributed by atoms with Crippen molar-refractivity contribution < 1.29 is 23.5 Å². The first-order valence-corrected chi connectivity index (χ1v) is 9.75. The van der Waals surface area contributed by atoms with E-state index in [1.54, 1.807) is 35.2 Å². The number of carbonyl (C=O) groups excluding carboxylic acids is 3. The Morgan fingerprint density at radius 2 is 1.73 bits per heavy atom. The van der Waals surface area contributed by atoms with Crippen LogP contribution in [0, 0.1) is 5.82 Å². The Hall–Kier alpha value is -3.26. The molecule has 2 amide bonds. The van der Waals surface area contributed by atoms with Crippen molar-refractivity contribution in [3.8, 4) is 5.75 Å². The molecule has 0 aliphatic carbocycles. The molecule has 2 aromatic carbocycles. The van der Waals surface area contributed by atoms with Crippen LogP contribution in [0.5, 0.6) is 5.75 Å². The summed E-state index contributed by atoms with van der Waals surface area (Å²) < 4.78 is 18.2. The van der Waals surface area contributed by atoms with Gasteiger partial charge in [-0.15, -0.1) is 0 Å². The van der Waals surface area contributed by atoms with Gasteiger partial charge in [0.15, 0.2) is 0 Å². The van der Waals surface area contributed by atoms with Crippen molar-refractivity contribution in [3.05, 3.63) is 59.4 Å². The van der Waals surface area contributed by atoms with E-state index < -0.39 is 11.7 Å². The van der Waals surface area contributed by atoms with Crippen LogP contribution in [-0.4, -0.2) is 67.4 Å². The van der Waals surface area contributed by atoms with Crippen molar-refractivity contribution in [2.45, 2.75) is 6.42 Å². The lowest BCUT2D eigenvalue weighted by Crippen LogP contribution is -2.52. The smallest absolute Gasteiger partial charge is 0.300 e. The molecule has 8 heteroatoms. The van der Waals surface area contributed by atoms with E-state index in [0.717, 1.165) is 5.56 Å². The number of halogens is 1. The van der Waals surface area contributed by atoms with Crippen LogP contribution in [0.3, 0.4) is 0 Å². The number of benzene rings is 2. The number of hydrogen-bond acceptors (Lipinski definition) is 5. The molecule has 2 heterocycles. The molecule has 30 heavy (non-hydrogen) atoms. The molecule has 0 saturated carbocycles. The molecule has 0 N–H and O–H groups in total. The van der Waals surface area contributed by atoms with E-state index in [4.69, 9.17) is 4.74 Å². The number of rotatable bonds is 5. The van der Waals surface area contributed by atoms with E-state index >= 15 is 0 Å². The molecule has 0 spiro atoms. The van der Waals surface area contributed by atoms with Crippen molar-refractivity contribution in [1.29, 1.82) is 0 Å². The summed E-state index contributed by atoms with van der Waals surface area (Å²) in [7, 11) is 1.53. The third-order valence-corrected chi connectivity index (χ3v) is 5.51. The highest BCUT2D eigenvalue weighted by Gasteiger charge is 2.37. The van der Waals surface area contributed by atoms with Crippen LogP contribution < -0.4 is 9.64 Å². The summed E-state index contributed by atoms with van der Waals surface area (Å²) in [6.45, 7) is 2.52. The summed E-state index contributed by atoms with van der Waals surface area (Å²) in [5.41, 5.74) is 1.71. The molecule has 0 atom stereocenters. The minimum Gasteiger partial charge on any atom is -0.497 e. The van der Waals surface area contributed by atoms with E-state index in [1.807, 2.05) is 4.90 Å². The van der Waals surface area contributed by atoms with E-state index in [9.17, 15) is 18.8 Å². The van der Waals surface area contributed by atoms with E-state index in [2.05, 4.69) is 0 Å². The lowest BCUT2D eigenvalue weighted by molar-refractivity contribution is -0.132. The summed E-state index contributed by atoms with van der Waals surface area (Å²) in [6, 6.07) is 10.9. The van der Waals surface area contributed by atoms with Gasteiger partial charge in [0, 0.05) is 32.2 Å². The zero-order valence-corrected chi connectivity index (χ0v) is 16.6. The van der Waals surface area contributed by atoms with Crippen molar-refractivity contribution in [3.63, 3.8) is 0 Å². The number of ether oxygens (including phenoxy) is 1. The fourth-order valence-corrected chi connectivity index (χ4v) is 3.77. The molecule has 0 aromatic heterocycles. The lowest BCUT2D eigenvalue weighted by Gasteiger charge is -2.36. The van der Waals surface area contributed by atoms with Crippen molar-refractivity contribution in [2.75, 3.05) is 44.9 Å². The van der Waals surface area contributed by atoms with Crippen molar-refractivity contribution >= 4 is 23.3 Å². The maximum Gasteiger partial charge on any atom is 0.300 e. The predicted octanol–water partition coefficient (Wildman–Crippen LogP) is 1.71. The fraction of sp³-hybridized carbons (Fsp3) is 0.318. The van der Waals surface area contributed by atoms with Gasteiger partial charge in [-0.05, 0) is 29.8 Å². The monoisotopic (exact) mass is 411 g/mol. The highest BCUT2D eigenvalue weighted by molar-refractivity contribution is 6.52. The third kappa shape index (κ3) is 3.91. The minimum absolute atomic E-state index is 0.0104. The number of methoxy groups -OCH3 is 1. The largest absolute Gasteiger partial charge is 0.497 e. The normalized spacial score (nSPS) is 16.7. The quantitative estimate of drug-likeness (QED) is 0.701. The van der Waals surface area contributed by atoms with Gasteiger partial charge in [0.05, 0.1) is 31.5 Å². The number of amides is 2. The van der Waals surface area contributed by atoms with Crippen LogP contribution in [0.25, 0.3) is 0 Å². The van der Waals surface area contributed by atoms with Gasteiger partial charge in [-0.2, -0.15) is 0 Å². The number of nitrogens with zero attached hydrogens (tertiary/aromatic N) is 3. The first-order valence-electron chi connectivity index (χ1n) is 9.75. The van der Waals surface area contributed by atoms with E-state index in [-0.39, 0.29) is 24.8 Å². The minimum atomic E-state index is -0.548. The van der Waals surface area contributed by atoms with Crippen LogP contribution in [0.15, 0.2) is 42.5 Å². The van der Waals surface area contributed by atoms with Gasteiger partial charge in [0.1, 0.15) is 11.6 Å². The molecule has 1 fully saturated rings. The maximum atomic E-state index is 13.0. The van der Waals surface area contributed by atoms with Gasteiger partial charge in [-0.25, -0.2) is 4.39 Å². The Labute approximate surface area is 173 Å². The molecular formula is C22H22FN3O4. The number of fused-ring (bicyclic) bond motifs is 1. The highest BCUT2D eigenvalue weighted by Crippen LogP contribution is 2.32. The molecule has 0 radical (unpaired) electrons. The second-order valence-corrected chi connectivity index (χ2v) is 7.39. The second kappa shape index (κ2) is 8.23.